The number of amides is 1. The van der Waals surface area contributed by atoms with Gasteiger partial charge in [-0.3, -0.25) is 4.79 Å². The number of nitrogens with zero attached hydrogens (tertiary/aromatic N) is 3. The average molecular weight is 463 g/mol. The first-order chi connectivity index (χ1) is 15.7. The van der Waals surface area contributed by atoms with Crippen molar-refractivity contribution >= 4 is 21.6 Å². The van der Waals surface area contributed by atoms with Crippen LogP contribution in [0.1, 0.15) is 15.9 Å². The Hall–Kier alpha value is -3.82. The highest BCUT2D eigenvalue weighted by atomic mass is 32.2. The molecule has 1 amide bonds. The molecule has 0 aliphatic carbocycles. The zero-order valence-electron chi connectivity index (χ0n) is 18.3. The molecule has 0 atom stereocenters. The van der Waals surface area contributed by atoms with E-state index in [1.807, 2.05) is 31.2 Å². The first kappa shape index (κ1) is 22.4. The molecule has 168 valence electrons. The number of hydrogen-bond acceptors (Lipinski definition) is 6. The summed E-state index contributed by atoms with van der Waals surface area (Å²) in [5, 5.41) is 10.9. The Morgan fingerprint density at radius 3 is 2.21 bits per heavy atom. The van der Waals surface area contributed by atoms with Crippen LogP contribution in [0.15, 0.2) is 82.1 Å². The first-order valence-electron chi connectivity index (χ1n) is 10.1. The topological polar surface area (TPSA) is 105 Å². The van der Waals surface area contributed by atoms with Crippen molar-refractivity contribution in [1.82, 2.24) is 14.5 Å². The lowest BCUT2D eigenvalue weighted by Gasteiger charge is -2.12. The SMILES string of the molecule is Cc1cccc(-c2nnc(-c3ccc(C(=O)Nc4cccc(S(=O)(=O)N(C)C)c4)cc3)o2)c1. The Balaban J connectivity index is 1.50. The molecule has 0 bridgehead atoms. The molecule has 0 fully saturated rings. The normalized spacial score (nSPS) is 11.5. The molecule has 4 rings (SSSR count). The third-order valence-electron chi connectivity index (χ3n) is 4.95. The third kappa shape index (κ3) is 4.84. The molecule has 0 aliphatic rings. The van der Waals surface area contributed by atoms with E-state index in [0.29, 0.717) is 28.6 Å². The summed E-state index contributed by atoms with van der Waals surface area (Å²) in [7, 11) is -0.690. The van der Waals surface area contributed by atoms with Gasteiger partial charge in [0.25, 0.3) is 5.91 Å². The smallest absolute Gasteiger partial charge is 0.255 e. The number of nitrogens with one attached hydrogen (secondary N) is 1. The van der Waals surface area contributed by atoms with Crippen LogP contribution in [0.25, 0.3) is 22.9 Å². The molecule has 0 unspecified atom stereocenters. The largest absolute Gasteiger partial charge is 0.416 e. The molecular formula is C24H22N4O4S. The van der Waals surface area contributed by atoms with Gasteiger partial charge >= 0.3 is 0 Å². The summed E-state index contributed by atoms with van der Waals surface area (Å²) in [6, 6.07) is 20.6. The van der Waals surface area contributed by atoms with E-state index >= 15 is 0 Å². The molecule has 4 aromatic rings. The van der Waals surface area contributed by atoms with Crippen LogP contribution in [0.2, 0.25) is 0 Å². The molecule has 3 aromatic carbocycles. The first-order valence-corrected chi connectivity index (χ1v) is 11.5. The third-order valence-corrected chi connectivity index (χ3v) is 6.77. The van der Waals surface area contributed by atoms with E-state index in [-0.39, 0.29) is 10.8 Å². The summed E-state index contributed by atoms with van der Waals surface area (Å²) < 4.78 is 31.5. The fourth-order valence-corrected chi connectivity index (χ4v) is 4.10. The van der Waals surface area contributed by atoms with E-state index in [0.717, 1.165) is 15.4 Å². The van der Waals surface area contributed by atoms with Gasteiger partial charge in [-0.1, -0.05) is 23.8 Å². The van der Waals surface area contributed by atoms with Crippen molar-refractivity contribution in [2.45, 2.75) is 11.8 Å². The minimum Gasteiger partial charge on any atom is -0.416 e. The predicted octanol–water partition coefficient (Wildman–Crippen LogP) is 4.21. The highest BCUT2D eigenvalue weighted by Crippen LogP contribution is 2.25. The van der Waals surface area contributed by atoms with Gasteiger partial charge in [-0.05, 0) is 61.5 Å². The molecule has 0 aliphatic heterocycles. The van der Waals surface area contributed by atoms with E-state index in [9.17, 15) is 13.2 Å². The summed E-state index contributed by atoms with van der Waals surface area (Å²) >= 11 is 0. The Labute approximate surface area is 191 Å². The van der Waals surface area contributed by atoms with Crippen LogP contribution in [0, 0.1) is 6.92 Å². The van der Waals surface area contributed by atoms with Gasteiger partial charge in [0.2, 0.25) is 21.8 Å². The maximum absolute atomic E-state index is 12.7. The summed E-state index contributed by atoms with van der Waals surface area (Å²) in [5.41, 5.74) is 3.39. The van der Waals surface area contributed by atoms with Gasteiger partial charge in [-0.15, -0.1) is 10.2 Å². The van der Waals surface area contributed by atoms with Crippen LogP contribution < -0.4 is 5.32 Å². The molecule has 1 heterocycles. The molecule has 0 saturated heterocycles. The zero-order chi connectivity index (χ0) is 23.6. The van der Waals surface area contributed by atoms with Crippen LogP contribution in [0.4, 0.5) is 5.69 Å². The molecule has 9 heteroatoms. The van der Waals surface area contributed by atoms with Gasteiger partial charge in [-0.25, -0.2) is 12.7 Å². The number of aromatic nitrogens is 2. The molecule has 8 nitrogen and oxygen atoms in total. The van der Waals surface area contributed by atoms with Crippen LogP contribution >= 0.6 is 0 Å². The molecule has 0 spiro atoms. The fourth-order valence-electron chi connectivity index (χ4n) is 3.15. The molecular weight excluding hydrogens is 440 g/mol. The van der Waals surface area contributed by atoms with Crippen molar-refractivity contribution in [2.75, 3.05) is 19.4 Å². The maximum atomic E-state index is 12.7. The predicted molar refractivity (Wildman–Crippen MR) is 125 cm³/mol. The Morgan fingerprint density at radius 1 is 0.879 bits per heavy atom. The second kappa shape index (κ2) is 8.97. The highest BCUT2D eigenvalue weighted by Gasteiger charge is 2.18. The maximum Gasteiger partial charge on any atom is 0.255 e. The zero-order valence-corrected chi connectivity index (χ0v) is 19.1. The highest BCUT2D eigenvalue weighted by molar-refractivity contribution is 7.89. The number of sulfonamides is 1. The minimum atomic E-state index is -3.60. The molecule has 1 aromatic heterocycles. The van der Waals surface area contributed by atoms with E-state index in [2.05, 4.69) is 15.5 Å². The monoisotopic (exact) mass is 462 g/mol. The number of anilines is 1. The lowest BCUT2D eigenvalue weighted by Crippen LogP contribution is -2.22. The van der Waals surface area contributed by atoms with Crippen molar-refractivity contribution in [3.8, 4) is 22.9 Å². The van der Waals surface area contributed by atoms with Crippen LogP contribution in [-0.4, -0.2) is 42.9 Å². The summed E-state index contributed by atoms with van der Waals surface area (Å²) in [5.74, 6) is 0.398. The van der Waals surface area contributed by atoms with E-state index in [1.165, 1.54) is 26.2 Å². The number of rotatable bonds is 6. The number of benzene rings is 3. The van der Waals surface area contributed by atoms with Gasteiger partial charge in [0.05, 0.1) is 4.90 Å². The molecule has 0 saturated carbocycles. The minimum absolute atomic E-state index is 0.0986. The summed E-state index contributed by atoms with van der Waals surface area (Å²) in [6.07, 6.45) is 0. The number of hydrogen-bond donors (Lipinski definition) is 1. The van der Waals surface area contributed by atoms with Crippen LogP contribution in [-0.2, 0) is 10.0 Å². The number of aryl methyl sites for hydroxylation is 1. The lowest BCUT2D eigenvalue weighted by molar-refractivity contribution is 0.102. The van der Waals surface area contributed by atoms with E-state index in [4.69, 9.17) is 4.42 Å². The van der Waals surface area contributed by atoms with Crippen molar-refractivity contribution in [1.29, 1.82) is 0 Å². The van der Waals surface area contributed by atoms with Crippen LogP contribution in [0.3, 0.4) is 0 Å². The fraction of sp³-hybridized carbons (Fsp3) is 0.125. The molecule has 33 heavy (non-hydrogen) atoms. The van der Waals surface area contributed by atoms with Crippen molar-refractivity contribution < 1.29 is 17.6 Å². The standard InChI is InChI=1S/C24H22N4O4S/c1-16-6-4-7-19(14-16)24-27-26-23(32-24)18-12-10-17(11-13-18)22(29)25-20-8-5-9-21(15-20)33(30,31)28(2)3/h4-15H,1-3H3,(H,25,29). The van der Waals surface area contributed by atoms with Gasteiger partial charge in [-0.2, -0.15) is 0 Å². The second-order valence-corrected chi connectivity index (χ2v) is 9.78. The van der Waals surface area contributed by atoms with Gasteiger partial charge < -0.3 is 9.73 Å². The van der Waals surface area contributed by atoms with Crippen molar-refractivity contribution in [3.63, 3.8) is 0 Å². The van der Waals surface area contributed by atoms with E-state index in [1.54, 1.807) is 36.4 Å². The summed E-state index contributed by atoms with van der Waals surface area (Å²) in [4.78, 5) is 12.8. The van der Waals surface area contributed by atoms with Crippen molar-refractivity contribution in [3.05, 3.63) is 83.9 Å². The number of carbonyl (C=O) groups is 1. The van der Waals surface area contributed by atoms with Crippen LogP contribution in [0.5, 0.6) is 0 Å². The second-order valence-electron chi connectivity index (χ2n) is 7.63. The Kier molecular flexibility index (Phi) is 6.08. The quantitative estimate of drug-likeness (QED) is 0.460. The van der Waals surface area contributed by atoms with E-state index < -0.39 is 10.0 Å². The lowest BCUT2D eigenvalue weighted by atomic mass is 10.1. The summed E-state index contributed by atoms with van der Waals surface area (Å²) in [6.45, 7) is 1.99. The van der Waals surface area contributed by atoms with Crippen molar-refractivity contribution in [2.24, 2.45) is 0 Å². The Morgan fingerprint density at radius 2 is 1.55 bits per heavy atom. The Bertz CT molecular complexity index is 1410. The van der Waals surface area contributed by atoms with Gasteiger partial charge in [0.1, 0.15) is 0 Å². The number of carbonyl (C=O) groups excluding carboxylic acids is 1. The average Bonchev–Trinajstić information content (AvgIpc) is 3.30. The molecule has 1 N–H and O–H groups in total. The van der Waals surface area contributed by atoms with Gasteiger partial charge in [0.15, 0.2) is 0 Å². The molecule has 0 radical (unpaired) electrons. The van der Waals surface area contributed by atoms with Gasteiger partial charge in [0, 0.05) is 36.5 Å².